The van der Waals surface area contributed by atoms with Gasteiger partial charge in [-0.05, 0) is 42.4 Å². The van der Waals surface area contributed by atoms with Gasteiger partial charge in [0, 0.05) is 19.6 Å². The standard InChI is InChI=1S/C26H35NO3/c1-4-29-25(28)16-19-27-17-14-24(15-18-27)30-26(22-8-6-5-7-9-22)23-12-10-21(11-13-23)20(2)3/h5-13,20,24,26H,4,14-19H2,1-3H3. The third-order valence-electron chi connectivity index (χ3n) is 5.81. The highest BCUT2D eigenvalue weighted by Gasteiger charge is 2.25. The number of esters is 1. The van der Waals surface area contributed by atoms with Gasteiger partial charge in [-0.3, -0.25) is 4.79 Å². The molecule has 0 aromatic heterocycles. The summed E-state index contributed by atoms with van der Waals surface area (Å²) >= 11 is 0. The molecule has 2 aromatic carbocycles. The quantitative estimate of drug-likeness (QED) is 0.525. The van der Waals surface area contributed by atoms with Crippen LogP contribution < -0.4 is 0 Å². The summed E-state index contributed by atoms with van der Waals surface area (Å²) in [6, 6.07) is 19.4. The average molecular weight is 410 g/mol. The van der Waals surface area contributed by atoms with E-state index in [1.54, 1.807) is 0 Å². The van der Waals surface area contributed by atoms with Gasteiger partial charge in [0.2, 0.25) is 0 Å². The van der Waals surface area contributed by atoms with Gasteiger partial charge >= 0.3 is 5.97 Å². The number of carbonyl (C=O) groups is 1. The second-order valence-corrected chi connectivity index (χ2v) is 8.34. The first kappa shape index (κ1) is 22.5. The number of rotatable bonds is 9. The summed E-state index contributed by atoms with van der Waals surface area (Å²) in [4.78, 5) is 13.9. The molecule has 4 nitrogen and oxygen atoms in total. The van der Waals surface area contributed by atoms with Gasteiger partial charge in [0.05, 0.1) is 19.1 Å². The van der Waals surface area contributed by atoms with Crippen molar-refractivity contribution in [1.82, 2.24) is 4.90 Å². The number of carbonyl (C=O) groups excluding carboxylic acids is 1. The van der Waals surface area contributed by atoms with Gasteiger partial charge in [0.1, 0.15) is 6.10 Å². The predicted molar refractivity (Wildman–Crippen MR) is 121 cm³/mol. The van der Waals surface area contributed by atoms with Crippen LogP contribution in [0.4, 0.5) is 0 Å². The Hall–Kier alpha value is -2.17. The van der Waals surface area contributed by atoms with E-state index in [0.717, 1.165) is 32.5 Å². The second kappa shape index (κ2) is 11.3. The average Bonchev–Trinajstić information content (AvgIpc) is 2.78. The van der Waals surface area contributed by atoms with Crippen LogP contribution in [-0.2, 0) is 14.3 Å². The van der Waals surface area contributed by atoms with Gasteiger partial charge in [-0.1, -0.05) is 68.4 Å². The molecule has 1 aliphatic heterocycles. The van der Waals surface area contributed by atoms with Gasteiger partial charge < -0.3 is 14.4 Å². The van der Waals surface area contributed by atoms with E-state index < -0.39 is 0 Å². The summed E-state index contributed by atoms with van der Waals surface area (Å²) in [6.45, 7) is 9.42. The van der Waals surface area contributed by atoms with Crippen molar-refractivity contribution in [3.63, 3.8) is 0 Å². The lowest BCUT2D eigenvalue weighted by molar-refractivity contribution is -0.143. The van der Waals surface area contributed by atoms with Crippen molar-refractivity contribution in [2.24, 2.45) is 0 Å². The Balaban J connectivity index is 1.61. The molecule has 1 heterocycles. The molecule has 0 spiro atoms. The topological polar surface area (TPSA) is 38.8 Å². The third kappa shape index (κ3) is 6.41. The third-order valence-corrected chi connectivity index (χ3v) is 5.81. The lowest BCUT2D eigenvalue weighted by Gasteiger charge is -2.34. The van der Waals surface area contributed by atoms with Crippen molar-refractivity contribution < 1.29 is 14.3 Å². The van der Waals surface area contributed by atoms with Crippen molar-refractivity contribution in [3.8, 4) is 0 Å². The number of piperidine rings is 1. The minimum absolute atomic E-state index is 0.0523. The summed E-state index contributed by atoms with van der Waals surface area (Å²) in [7, 11) is 0. The van der Waals surface area contributed by atoms with Crippen molar-refractivity contribution >= 4 is 5.97 Å². The molecular weight excluding hydrogens is 374 g/mol. The molecule has 1 aliphatic rings. The molecule has 162 valence electrons. The van der Waals surface area contributed by atoms with Gasteiger partial charge in [-0.25, -0.2) is 0 Å². The zero-order valence-corrected chi connectivity index (χ0v) is 18.5. The second-order valence-electron chi connectivity index (χ2n) is 8.34. The maximum Gasteiger partial charge on any atom is 0.307 e. The molecule has 1 saturated heterocycles. The van der Waals surface area contributed by atoms with Crippen molar-refractivity contribution in [1.29, 1.82) is 0 Å². The maximum absolute atomic E-state index is 11.6. The fraction of sp³-hybridized carbons (Fsp3) is 0.500. The highest BCUT2D eigenvalue weighted by molar-refractivity contribution is 5.69. The molecule has 1 unspecified atom stereocenters. The Labute approximate surface area is 181 Å². The van der Waals surface area contributed by atoms with E-state index in [2.05, 4.69) is 67.3 Å². The highest BCUT2D eigenvalue weighted by Crippen LogP contribution is 2.31. The van der Waals surface area contributed by atoms with Crippen LogP contribution in [0.25, 0.3) is 0 Å². The summed E-state index contributed by atoms with van der Waals surface area (Å²) in [5.74, 6) is 0.416. The number of ether oxygens (including phenoxy) is 2. The number of likely N-dealkylation sites (tertiary alicyclic amines) is 1. The molecule has 1 atom stereocenters. The van der Waals surface area contributed by atoms with Gasteiger partial charge in [0.15, 0.2) is 0 Å². The lowest BCUT2D eigenvalue weighted by Crippen LogP contribution is -2.38. The number of benzene rings is 2. The van der Waals surface area contributed by atoms with Crippen LogP contribution >= 0.6 is 0 Å². The molecule has 0 bridgehead atoms. The van der Waals surface area contributed by atoms with Crippen molar-refractivity contribution in [2.45, 2.75) is 58.2 Å². The van der Waals surface area contributed by atoms with Gasteiger partial charge in [0.25, 0.3) is 0 Å². The first-order chi connectivity index (χ1) is 14.6. The molecular formula is C26H35NO3. The van der Waals surface area contributed by atoms with E-state index in [-0.39, 0.29) is 18.2 Å². The van der Waals surface area contributed by atoms with E-state index in [1.165, 1.54) is 16.7 Å². The molecule has 1 fully saturated rings. The molecule has 2 aromatic rings. The minimum Gasteiger partial charge on any atom is -0.466 e. The van der Waals surface area contributed by atoms with E-state index in [1.807, 2.05) is 13.0 Å². The summed E-state index contributed by atoms with van der Waals surface area (Å²) < 4.78 is 11.7. The van der Waals surface area contributed by atoms with Gasteiger partial charge in [-0.15, -0.1) is 0 Å². The largest absolute Gasteiger partial charge is 0.466 e. The van der Waals surface area contributed by atoms with Gasteiger partial charge in [-0.2, -0.15) is 0 Å². The Morgan fingerprint density at radius 1 is 0.967 bits per heavy atom. The Bertz CT molecular complexity index is 765. The Morgan fingerprint density at radius 2 is 1.57 bits per heavy atom. The molecule has 3 rings (SSSR count). The Kier molecular flexibility index (Phi) is 8.47. The van der Waals surface area contributed by atoms with E-state index in [4.69, 9.17) is 9.47 Å². The summed E-state index contributed by atoms with van der Waals surface area (Å²) in [5.41, 5.74) is 3.75. The number of hydrogen-bond donors (Lipinski definition) is 0. The summed E-state index contributed by atoms with van der Waals surface area (Å²) in [5, 5.41) is 0. The van der Waals surface area contributed by atoms with Crippen LogP contribution in [0.2, 0.25) is 0 Å². The normalized spacial score (nSPS) is 16.5. The summed E-state index contributed by atoms with van der Waals surface area (Å²) in [6.07, 6.45) is 2.60. The molecule has 0 saturated carbocycles. The van der Waals surface area contributed by atoms with Crippen LogP contribution in [0.1, 0.15) is 68.7 Å². The first-order valence-electron chi connectivity index (χ1n) is 11.2. The van der Waals surface area contributed by atoms with Crippen LogP contribution in [0.3, 0.4) is 0 Å². The SMILES string of the molecule is CCOC(=O)CCN1CCC(OC(c2ccccc2)c2ccc(C(C)C)cc2)CC1. The molecule has 30 heavy (non-hydrogen) atoms. The number of hydrogen-bond acceptors (Lipinski definition) is 4. The highest BCUT2D eigenvalue weighted by atomic mass is 16.5. The van der Waals surface area contributed by atoms with Crippen LogP contribution in [0.5, 0.6) is 0 Å². The molecule has 0 N–H and O–H groups in total. The molecule has 0 amide bonds. The van der Waals surface area contributed by atoms with Crippen LogP contribution in [0, 0.1) is 0 Å². The lowest BCUT2D eigenvalue weighted by atomic mass is 9.96. The molecule has 4 heteroatoms. The van der Waals surface area contributed by atoms with Crippen molar-refractivity contribution in [3.05, 3.63) is 71.3 Å². The van der Waals surface area contributed by atoms with E-state index in [0.29, 0.717) is 18.9 Å². The zero-order chi connectivity index (χ0) is 21.3. The zero-order valence-electron chi connectivity index (χ0n) is 18.5. The van der Waals surface area contributed by atoms with Crippen molar-refractivity contribution in [2.75, 3.05) is 26.2 Å². The van der Waals surface area contributed by atoms with E-state index in [9.17, 15) is 4.79 Å². The predicted octanol–water partition coefficient (Wildman–Crippen LogP) is 5.33. The monoisotopic (exact) mass is 409 g/mol. The minimum atomic E-state index is -0.107. The fourth-order valence-electron chi connectivity index (χ4n) is 3.98. The Morgan fingerprint density at radius 3 is 2.17 bits per heavy atom. The first-order valence-corrected chi connectivity index (χ1v) is 11.2. The molecule has 0 aliphatic carbocycles. The fourth-order valence-corrected chi connectivity index (χ4v) is 3.98. The van der Waals surface area contributed by atoms with Crippen LogP contribution in [-0.4, -0.2) is 43.2 Å². The number of nitrogens with zero attached hydrogens (tertiary/aromatic N) is 1. The van der Waals surface area contributed by atoms with E-state index >= 15 is 0 Å². The van der Waals surface area contributed by atoms with Crippen LogP contribution in [0.15, 0.2) is 54.6 Å². The molecule has 0 radical (unpaired) electrons. The maximum atomic E-state index is 11.6. The smallest absolute Gasteiger partial charge is 0.307 e.